The molecule has 3 rings (SSSR count). The molecule has 0 bridgehead atoms. The molecule has 0 spiro atoms. The number of ether oxygens (including phenoxy) is 1. The molecule has 3 atom stereocenters. The molecule has 1 saturated heterocycles. The van der Waals surface area contributed by atoms with Crippen molar-refractivity contribution in [1.82, 2.24) is 0 Å². The third kappa shape index (κ3) is 4.66. The summed E-state index contributed by atoms with van der Waals surface area (Å²) in [5, 5.41) is 2.84. The minimum Gasteiger partial charge on any atom is -0.435 e. The van der Waals surface area contributed by atoms with Gasteiger partial charge >= 0.3 is 6.61 Å². The van der Waals surface area contributed by atoms with Crippen LogP contribution in [-0.4, -0.2) is 32.2 Å². The van der Waals surface area contributed by atoms with Crippen LogP contribution in [0, 0.1) is 11.8 Å². The summed E-state index contributed by atoms with van der Waals surface area (Å²) in [7, 11) is 0. The molecular formula is C18H25F2N2O2+. The van der Waals surface area contributed by atoms with Crippen molar-refractivity contribution < 1.29 is 23.2 Å². The van der Waals surface area contributed by atoms with Crippen molar-refractivity contribution in [3.63, 3.8) is 0 Å². The van der Waals surface area contributed by atoms with E-state index in [1.165, 1.54) is 49.1 Å². The Bertz CT molecular complexity index is 550. The number of hydrogen-bond acceptors (Lipinski definition) is 2. The highest BCUT2D eigenvalue weighted by Gasteiger charge is 2.34. The van der Waals surface area contributed by atoms with Crippen LogP contribution >= 0.6 is 0 Å². The number of fused-ring (bicyclic) bond motifs is 1. The van der Waals surface area contributed by atoms with Crippen LogP contribution in [0.15, 0.2) is 24.3 Å². The van der Waals surface area contributed by atoms with Gasteiger partial charge in [0.1, 0.15) is 5.75 Å². The molecule has 24 heavy (non-hydrogen) atoms. The van der Waals surface area contributed by atoms with E-state index in [0.717, 1.165) is 24.9 Å². The van der Waals surface area contributed by atoms with Crippen molar-refractivity contribution in [2.24, 2.45) is 11.8 Å². The Morgan fingerprint density at radius 2 is 1.88 bits per heavy atom. The molecule has 132 valence electrons. The zero-order valence-corrected chi connectivity index (χ0v) is 13.8. The van der Waals surface area contributed by atoms with Gasteiger partial charge in [0.2, 0.25) is 0 Å². The maximum atomic E-state index is 12.2. The smallest absolute Gasteiger partial charge is 0.387 e. The highest BCUT2D eigenvalue weighted by Crippen LogP contribution is 2.32. The fourth-order valence-electron chi connectivity index (χ4n) is 4.11. The predicted molar refractivity (Wildman–Crippen MR) is 87.3 cm³/mol. The first-order valence-electron chi connectivity index (χ1n) is 8.78. The molecule has 1 saturated carbocycles. The predicted octanol–water partition coefficient (Wildman–Crippen LogP) is 2.32. The van der Waals surface area contributed by atoms with Gasteiger partial charge in [-0.25, -0.2) is 0 Å². The number of hydrogen-bond donors (Lipinski definition) is 2. The standard InChI is InChI=1S/C18H24F2N2O2/c19-18(20)24-16-7-5-15(6-8-16)21-17(23)12-22-10-9-13-3-1-2-4-14(13)11-22/h5-8,13-14,18H,1-4,9-12H2,(H,21,23)/p+1/t13-,14+/m0/s1. The third-order valence-electron chi connectivity index (χ3n) is 5.26. The van der Waals surface area contributed by atoms with Gasteiger partial charge < -0.3 is 15.0 Å². The molecule has 1 aliphatic carbocycles. The molecule has 1 unspecified atom stereocenters. The molecule has 1 heterocycles. The molecule has 6 heteroatoms. The number of carbonyl (C=O) groups excluding carboxylic acids is 1. The van der Waals surface area contributed by atoms with Crippen molar-refractivity contribution in [2.45, 2.75) is 38.7 Å². The summed E-state index contributed by atoms with van der Waals surface area (Å²) >= 11 is 0. The van der Waals surface area contributed by atoms with E-state index < -0.39 is 6.61 Å². The van der Waals surface area contributed by atoms with Gasteiger partial charge in [0, 0.05) is 11.6 Å². The molecule has 2 aliphatic rings. The van der Waals surface area contributed by atoms with Gasteiger partial charge in [-0.05, 0) is 49.4 Å². The van der Waals surface area contributed by atoms with Gasteiger partial charge in [0.15, 0.2) is 6.54 Å². The third-order valence-corrected chi connectivity index (χ3v) is 5.26. The maximum absolute atomic E-state index is 12.2. The van der Waals surface area contributed by atoms with Crippen molar-refractivity contribution in [3.05, 3.63) is 24.3 Å². The van der Waals surface area contributed by atoms with Gasteiger partial charge in [-0.15, -0.1) is 0 Å². The molecule has 2 N–H and O–H groups in total. The van der Waals surface area contributed by atoms with Crippen molar-refractivity contribution in [1.29, 1.82) is 0 Å². The van der Waals surface area contributed by atoms with E-state index in [4.69, 9.17) is 0 Å². The zero-order valence-electron chi connectivity index (χ0n) is 13.8. The van der Waals surface area contributed by atoms with Crippen molar-refractivity contribution in [2.75, 3.05) is 25.0 Å². The van der Waals surface area contributed by atoms with Crippen LogP contribution in [0.2, 0.25) is 0 Å². The highest BCUT2D eigenvalue weighted by atomic mass is 19.3. The fourth-order valence-corrected chi connectivity index (χ4v) is 4.11. The van der Waals surface area contributed by atoms with E-state index in [1.807, 2.05) is 0 Å². The lowest BCUT2D eigenvalue weighted by molar-refractivity contribution is -0.902. The quantitative estimate of drug-likeness (QED) is 0.865. The summed E-state index contributed by atoms with van der Waals surface area (Å²) in [6.07, 6.45) is 6.58. The minimum absolute atomic E-state index is 0.0261. The Morgan fingerprint density at radius 1 is 1.17 bits per heavy atom. The van der Waals surface area contributed by atoms with Crippen LogP contribution in [0.5, 0.6) is 5.75 Å². The number of rotatable bonds is 5. The van der Waals surface area contributed by atoms with E-state index in [-0.39, 0.29) is 11.7 Å². The minimum atomic E-state index is -2.84. The number of piperidine rings is 1. The first-order valence-corrected chi connectivity index (χ1v) is 8.78. The maximum Gasteiger partial charge on any atom is 0.387 e. The van der Waals surface area contributed by atoms with Gasteiger partial charge in [-0.1, -0.05) is 12.8 Å². The fraction of sp³-hybridized carbons (Fsp3) is 0.611. The average molecular weight is 339 g/mol. The Morgan fingerprint density at radius 3 is 2.58 bits per heavy atom. The van der Waals surface area contributed by atoms with Crippen LogP contribution in [0.3, 0.4) is 0 Å². The lowest BCUT2D eigenvalue weighted by Gasteiger charge is -2.38. The molecule has 1 aromatic carbocycles. The number of anilines is 1. The van der Waals surface area contributed by atoms with E-state index in [1.54, 1.807) is 12.1 Å². The number of amides is 1. The number of benzene rings is 1. The molecule has 1 aromatic rings. The number of halogens is 2. The molecule has 2 fully saturated rings. The zero-order chi connectivity index (χ0) is 16.9. The number of carbonyl (C=O) groups is 1. The second-order valence-electron chi connectivity index (χ2n) is 6.93. The molecule has 1 amide bonds. The summed E-state index contributed by atoms with van der Waals surface area (Å²) < 4.78 is 28.5. The van der Waals surface area contributed by atoms with E-state index in [2.05, 4.69) is 10.1 Å². The Balaban J connectivity index is 1.47. The topological polar surface area (TPSA) is 42.8 Å². The Kier molecular flexibility index (Phi) is 5.66. The monoisotopic (exact) mass is 339 g/mol. The second kappa shape index (κ2) is 7.92. The molecular weight excluding hydrogens is 314 g/mol. The first-order chi connectivity index (χ1) is 11.6. The molecule has 0 radical (unpaired) electrons. The highest BCUT2D eigenvalue weighted by molar-refractivity contribution is 5.91. The Hall–Kier alpha value is -1.69. The number of nitrogens with one attached hydrogen (secondary N) is 2. The van der Waals surface area contributed by atoms with Gasteiger partial charge in [0.05, 0.1) is 13.1 Å². The van der Waals surface area contributed by atoms with Gasteiger partial charge in [-0.3, -0.25) is 4.79 Å². The number of quaternary nitrogens is 1. The average Bonchev–Trinajstić information content (AvgIpc) is 2.56. The molecule has 4 nitrogen and oxygen atoms in total. The van der Waals surface area contributed by atoms with Crippen LogP contribution in [0.1, 0.15) is 32.1 Å². The van der Waals surface area contributed by atoms with Crippen LogP contribution in [0.4, 0.5) is 14.5 Å². The molecule has 0 aromatic heterocycles. The SMILES string of the molecule is O=C(C[NH+]1CC[C@@H]2CCCC[C@@H]2C1)Nc1ccc(OC(F)F)cc1. The van der Waals surface area contributed by atoms with Crippen molar-refractivity contribution >= 4 is 11.6 Å². The van der Waals surface area contributed by atoms with Gasteiger partial charge in [-0.2, -0.15) is 8.78 Å². The van der Waals surface area contributed by atoms with Crippen LogP contribution < -0.4 is 15.0 Å². The van der Waals surface area contributed by atoms with Gasteiger partial charge in [0.25, 0.3) is 5.91 Å². The van der Waals surface area contributed by atoms with Crippen LogP contribution in [0.25, 0.3) is 0 Å². The van der Waals surface area contributed by atoms with Crippen molar-refractivity contribution in [3.8, 4) is 5.75 Å². The Labute approximate surface area is 141 Å². The summed E-state index contributed by atoms with van der Waals surface area (Å²) in [6.45, 7) is -0.204. The second-order valence-corrected chi connectivity index (χ2v) is 6.93. The van der Waals surface area contributed by atoms with Crippen LogP contribution in [-0.2, 0) is 4.79 Å². The van der Waals surface area contributed by atoms with E-state index >= 15 is 0 Å². The lowest BCUT2D eigenvalue weighted by Crippen LogP contribution is -3.15. The number of alkyl halides is 2. The largest absolute Gasteiger partial charge is 0.435 e. The van der Waals surface area contributed by atoms with E-state index in [0.29, 0.717) is 12.2 Å². The summed E-state index contributed by atoms with van der Waals surface area (Å²) in [4.78, 5) is 13.6. The summed E-state index contributed by atoms with van der Waals surface area (Å²) in [5.41, 5.74) is 0.605. The summed E-state index contributed by atoms with van der Waals surface area (Å²) in [6, 6.07) is 6.03. The lowest BCUT2D eigenvalue weighted by atomic mass is 9.75. The number of likely N-dealkylation sites (tertiary alicyclic amines) is 1. The normalized spacial score (nSPS) is 26.7. The van der Waals surface area contributed by atoms with E-state index in [9.17, 15) is 13.6 Å². The summed E-state index contributed by atoms with van der Waals surface area (Å²) in [5.74, 6) is 1.71. The molecule has 1 aliphatic heterocycles. The first kappa shape index (κ1) is 17.1.